The van der Waals surface area contributed by atoms with Gasteiger partial charge in [-0.15, -0.1) is 0 Å². The highest BCUT2D eigenvalue weighted by atomic mass is 32.2. The SMILES string of the molecule is CC1=N[C@](C)(c2cc([N+](=O)[O-])ccc2F)[C@H]2CC[C@]1(CF)S2(=O)=O. The first-order chi connectivity index (χ1) is 11.1. The van der Waals surface area contributed by atoms with Crippen molar-refractivity contribution in [2.24, 2.45) is 4.99 Å². The molecule has 2 aliphatic heterocycles. The Morgan fingerprint density at radius 1 is 1.46 bits per heavy atom. The standard InChI is InChI=1S/C15H16F2N2O4S/c1-9-15(8-16)6-5-13(24(15,22)23)14(2,18-9)11-7-10(19(20)21)3-4-12(11)17/h3-4,7,13H,5-6,8H2,1-2H3/t13-,14-,15-/m1/s1. The van der Waals surface area contributed by atoms with E-state index < -0.39 is 42.8 Å². The van der Waals surface area contributed by atoms with Crippen molar-refractivity contribution in [3.63, 3.8) is 0 Å². The van der Waals surface area contributed by atoms with Gasteiger partial charge in [0.25, 0.3) is 5.69 Å². The normalized spacial score (nSPS) is 34.0. The lowest BCUT2D eigenvalue weighted by molar-refractivity contribution is -0.385. The molecule has 0 spiro atoms. The van der Waals surface area contributed by atoms with E-state index in [1.165, 1.54) is 13.8 Å². The van der Waals surface area contributed by atoms with Gasteiger partial charge in [0.05, 0.1) is 10.2 Å². The van der Waals surface area contributed by atoms with Crippen LogP contribution in [0.25, 0.3) is 0 Å². The molecule has 3 rings (SSSR count). The van der Waals surface area contributed by atoms with Crippen LogP contribution in [0.15, 0.2) is 23.2 Å². The summed E-state index contributed by atoms with van der Waals surface area (Å²) >= 11 is 0. The van der Waals surface area contributed by atoms with E-state index in [2.05, 4.69) is 4.99 Å². The van der Waals surface area contributed by atoms with Crippen molar-refractivity contribution in [1.82, 2.24) is 0 Å². The van der Waals surface area contributed by atoms with Crippen LogP contribution in [0.3, 0.4) is 0 Å². The molecule has 24 heavy (non-hydrogen) atoms. The third kappa shape index (κ3) is 1.90. The van der Waals surface area contributed by atoms with Crippen LogP contribution in [0.1, 0.15) is 32.3 Å². The second-order valence-corrected chi connectivity index (χ2v) is 8.91. The van der Waals surface area contributed by atoms with Crippen molar-refractivity contribution in [3.8, 4) is 0 Å². The zero-order valence-electron chi connectivity index (χ0n) is 13.1. The van der Waals surface area contributed by atoms with Crippen LogP contribution in [0, 0.1) is 15.9 Å². The summed E-state index contributed by atoms with van der Waals surface area (Å²) in [7, 11) is -3.94. The van der Waals surface area contributed by atoms with E-state index in [0.29, 0.717) is 0 Å². The fourth-order valence-electron chi connectivity index (χ4n) is 3.91. The summed E-state index contributed by atoms with van der Waals surface area (Å²) in [5, 5.41) is 9.87. The largest absolute Gasteiger partial charge is 0.280 e. The number of aliphatic imine (C=N–C) groups is 1. The molecule has 0 saturated carbocycles. The second-order valence-electron chi connectivity index (χ2n) is 6.47. The van der Waals surface area contributed by atoms with Gasteiger partial charge in [-0.1, -0.05) is 0 Å². The molecule has 6 nitrogen and oxygen atoms in total. The number of benzene rings is 1. The molecule has 2 heterocycles. The molecular formula is C15H16F2N2O4S. The maximum absolute atomic E-state index is 14.4. The zero-order chi connectivity index (χ0) is 17.9. The Balaban J connectivity index is 2.28. The van der Waals surface area contributed by atoms with Crippen LogP contribution < -0.4 is 0 Å². The Bertz CT molecular complexity index is 870. The Morgan fingerprint density at radius 3 is 2.71 bits per heavy atom. The maximum Gasteiger partial charge on any atom is 0.270 e. The molecule has 1 saturated heterocycles. The topological polar surface area (TPSA) is 89.6 Å². The van der Waals surface area contributed by atoms with Crippen LogP contribution >= 0.6 is 0 Å². The summed E-state index contributed by atoms with van der Waals surface area (Å²) in [5.74, 6) is -0.769. The van der Waals surface area contributed by atoms with E-state index in [1.807, 2.05) is 0 Å². The first-order valence-electron chi connectivity index (χ1n) is 7.41. The molecule has 1 fully saturated rings. The van der Waals surface area contributed by atoms with Crippen LogP contribution in [-0.4, -0.2) is 35.7 Å². The second kappa shape index (κ2) is 5.05. The van der Waals surface area contributed by atoms with Crippen LogP contribution in [0.5, 0.6) is 0 Å². The van der Waals surface area contributed by atoms with Crippen LogP contribution in [0.4, 0.5) is 14.5 Å². The summed E-state index contributed by atoms with van der Waals surface area (Å²) in [6, 6.07) is 2.96. The van der Waals surface area contributed by atoms with Gasteiger partial charge in [-0.2, -0.15) is 0 Å². The monoisotopic (exact) mass is 358 g/mol. The number of hydrogen-bond acceptors (Lipinski definition) is 5. The number of alkyl halides is 1. The number of nitrogens with zero attached hydrogens (tertiary/aromatic N) is 2. The van der Waals surface area contributed by atoms with Gasteiger partial charge in [0.1, 0.15) is 22.8 Å². The first kappa shape index (κ1) is 16.9. The third-order valence-electron chi connectivity index (χ3n) is 5.34. The lowest BCUT2D eigenvalue weighted by Gasteiger charge is -2.40. The van der Waals surface area contributed by atoms with E-state index >= 15 is 0 Å². The summed E-state index contributed by atoms with van der Waals surface area (Å²) < 4.78 is 52.1. The molecule has 9 heteroatoms. The summed E-state index contributed by atoms with van der Waals surface area (Å²) in [5.41, 5.74) is -1.93. The van der Waals surface area contributed by atoms with Gasteiger partial charge in [-0.25, -0.2) is 17.2 Å². The van der Waals surface area contributed by atoms with Gasteiger partial charge < -0.3 is 0 Å². The summed E-state index contributed by atoms with van der Waals surface area (Å²) in [6.45, 7) is 1.79. The number of rotatable bonds is 3. The smallest absolute Gasteiger partial charge is 0.270 e. The zero-order valence-corrected chi connectivity index (χ0v) is 13.9. The number of nitro benzene ring substituents is 1. The Hall–Kier alpha value is -1.90. The highest BCUT2D eigenvalue weighted by Gasteiger charge is 2.65. The van der Waals surface area contributed by atoms with Crippen LogP contribution in [-0.2, 0) is 15.4 Å². The van der Waals surface area contributed by atoms with Gasteiger partial charge in [-0.3, -0.25) is 15.1 Å². The highest BCUT2D eigenvalue weighted by molar-refractivity contribution is 7.94. The number of sulfone groups is 1. The molecular weight excluding hydrogens is 342 g/mol. The fraction of sp³-hybridized carbons (Fsp3) is 0.533. The molecule has 130 valence electrons. The molecule has 0 amide bonds. The lowest BCUT2D eigenvalue weighted by Crippen LogP contribution is -2.55. The molecule has 0 unspecified atom stereocenters. The maximum atomic E-state index is 14.4. The summed E-state index contributed by atoms with van der Waals surface area (Å²) in [4.78, 5) is 14.6. The number of nitro groups is 1. The van der Waals surface area contributed by atoms with Crippen molar-refractivity contribution < 1.29 is 22.1 Å². The minimum absolute atomic E-state index is 0.0813. The van der Waals surface area contributed by atoms with E-state index in [-0.39, 0.29) is 29.8 Å². The number of hydrogen-bond donors (Lipinski definition) is 0. The Morgan fingerprint density at radius 2 is 2.12 bits per heavy atom. The molecule has 3 atom stereocenters. The van der Waals surface area contributed by atoms with Gasteiger partial charge in [-0.05, 0) is 32.8 Å². The minimum Gasteiger partial charge on any atom is -0.280 e. The average Bonchev–Trinajstić information content (AvgIpc) is 2.70. The van der Waals surface area contributed by atoms with Crippen molar-refractivity contribution >= 4 is 21.2 Å². The van der Waals surface area contributed by atoms with E-state index in [9.17, 15) is 27.3 Å². The summed E-state index contributed by atoms with van der Waals surface area (Å²) in [6.07, 6.45) is 0.212. The van der Waals surface area contributed by atoms with Gasteiger partial charge >= 0.3 is 0 Å². The van der Waals surface area contributed by atoms with Crippen molar-refractivity contribution in [2.75, 3.05) is 6.67 Å². The van der Waals surface area contributed by atoms with Crippen molar-refractivity contribution in [1.29, 1.82) is 0 Å². The lowest BCUT2D eigenvalue weighted by atomic mass is 9.86. The first-order valence-corrected chi connectivity index (χ1v) is 8.95. The molecule has 0 N–H and O–H groups in total. The van der Waals surface area contributed by atoms with Crippen molar-refractivity contribution in [3.05, 3.63) is 39.7 Å². The van der Waals surface area contributed by atoms with E-state index in [4.69, 9.17) is 0 Å². The Kier molecular flexibility index (Phi) is 3.56. The predicted molar refractivity (Wildman–Crippen MR) is 84.2 cm³/mol. The molecule has 0 aromatic heterocycles. The highest BCUT2D eigenvalue weighted by Crippen LogP contribution is 2.52. The number of halogens is 2. The minimum atomic E-state index is -3.94. The van der Waals surface area contributed by atoms with Gasteiger partial charge in [0.2, 0.25) is 0 Å². The Labute approximate surface area is 137 Å². The average molecular weight is 358 g/mol. The van der Waals surface area contributed by atoms with Crippen LogP contribution in [0.2, 0.25) is 0 Å². The number of non-ortho nitro benzene ring substituents is 1. The molecule has 1 aromatic carbocycles. The molecule has 2 bridgehead atoms. The predicted octanol–water partition coefficient (Wildman–Crippen LogP) is 2.71. The molecule has 0 radical (unpaired) electrons. The van der Waals surface area contributed by atoms with E-state index in [1.54, 1.807) is 0 Å². The van der Waals surface area contributed by atoms with Gasteiger partial charge in [0, 0.05) is 23.4 Å². The molecule has 2 aliphatic rings. The fourth-order valence-corrected chi connectivity index (χ4v) is 6.68. The quantitative estimate of drug-likeness (QED) is 0.614. The molecule has 1 aromatic rings. The third-order valence-corrected chi connectivity index (χ3v) is 8.48. The molecule has 0 aliphatic carbocycles. The van der Waals surface area contributed by atoms with E-state index in [0.717, 1.165) is 18.2 Å². The number of fused-ring (bicyclic) bond motifs is 2. The van der Waals surface area contributed by atoms with Crippen molar-refractivity contribution in [2.45, 2.75) is 42.2 Å². The van der Waals surface area contributed by atoms with Gasteiger partial charge in [0.15, 0.2) is 9.84 Å².